The van der Waals surface area contributed by atoms with Crippen LogP contribution in [0.2, 0.25) is 5.02 Å². The van der Waals surface area contributed by atoms with Crippen molar-refractivity contribution in [3.63, 3.8) is 0 Å². The molecule has 0 spiro atoms. The molecule has 0 unspecified atom stereocenters. The predicted octanol–water partition coefficient (Wildman–Crippen LogP) is 4.43. The Bertz CT molecular complexity index is 580. The first-order valence-corrected chi connectivity index (χ1v) is 6.87. The van der Waals surface area contributed by atoms with Crippen molar-refractivity contribution in [1.29, 1.82) is 0 Å². The third-order valence-corrected chi connectivity index (χ3v) is 3.75. The van der Waals surface area contributed by atoms with Gasteiger partial charge in [0, 0.05) is 29.5 Å². The van der Waals surface area contributed by atoms with Crippen LogP contribution < -0.4 is 9.64 Å². The number of hydrogen-bond donors (Lipinski definition) is 0. The molecule has 0 radical (unpaired) electrons. The zero-order chi connectivity index (χ0) is 13.2. The van der Waals surface area contributed by atoms with Gasteiger partial charge < -0.3 is 9.64 Å². The molecular weight excluding hydrogens is 258 g/mol. The molecule has 1 aliphatic rings. The van der Waals surface area contributed by atoms with E-state index >= 15 is 0 Å². The summed E-state index contributed by atoms with van der Waals surface area (Å²) in [5.74, 6) is 1.02. The Hall–Kier alpha value is -1.67. The highest BCUT2D eigenvalue weighted by molar-refractivity contribution is 6.30. The van der Waals surface area contributed by atoms with Gasteiger partial charge in [-0.3, -0.25) is 0 Å². The summed E-state index contributed by atoms with van der Waals surface area (Å²) in [5.41, 5.74) is 3.54. The molecule has 19 heavy (non-hydrogen) atoms. The Balaban J connectivity index is 1.91. The summed E-state index contributed by atoms with van der Waals surface area (Å²) in [5, 5.41) is 0.755. The second-order valence-corrected chi connectivity index (χ2v) is 5.22. The Labute approximate surface area is 118 Å². The number of benzene rings is 2. The minimum atomic E-state index is 0.755. The molecule has 1 aliphatic heterocycles. The van der Waals surface area contributed by atoms with Gasteiger partial charge in [0.15, 0.2) is 0 Å². The van der Waals surface area contributed by atoms with Gasteiger partial charge in [-0.2, -0.15) is 0 Å². The number of anilines is 2. The van der Waals surface area contributed by atoms with E-state index in [0.717, 1.165) is 41.6 Å². The van der Waals surface area contributed by atoms with Crippen molar-refractivity contribution in [2.75, 3.05) is 18.6 Å². The Kier molecular flexibility index (Phi) is 3.34. The van der Waals surface area contributed by atoms with E-state index in [1.165, 1.54) is 5.56 Å². The van der Waals surface area contributed by atoms with Crippen LogP contribution in [0.3, 0.4) is 0 Å². The smallest absolute Gasteiger partial charge is 0.124 e. The van der Waals surface area contributed by atoms with Gasteiger partial charge in [-0.15, -0.1) is 0 Å². The number of rotatable bonds is 2. The summed E-state index contributed by atoms with van der Waals surface area (Å²) in [7, 11) is 2.05. The van der Waals surface area contributed by atoms with E-state index in [1.54, 1.807) is 0 Å². The number of aryl methyl sites for hydroxylation is 1. The third-order valence-electron chi connectivity index (χ3n) is 3.50. The lowest BCUT2D eigenvalue weighted by Gasteiger charge is -2.23. The molecular formula is C16H16ClNO. The van der Waals surface area contributed by atoms with Crippen LogP contribution in [0.4, 0.5) is 11.4 Å². The first-order chi connectivity index (χ1) is 9.24. The standard InChI is InChI=1S/C16H16ClNO/c1-18(14-8-5-13(17)6-9-14)15-7-4-12-3-2-10-19-16(12)11-15/h4-9,11H,2-3,10H2,1H3. The molecule has 2 aromatic rings. The molecule has 0 amide bonds. The normalized spacial score (nSPS) is 13.6. The first-order valence-electron chi connectivity index (χ1n) is 6.49. The maximum absolute atomic E-state index is 5.92. The summed E-state index contributed by atoms with van der Waals surface area (Å²) in [4.78, 5) is 2.13. The average molecular weight is 274 g/mol. The van der Waals surface area contributed by atoms with Crippen molar-refractivity contribution in [2.24, 2.45) is 0 Å². The van der Waals surface area contributed by atoms with Crippen molar-refractivity contribution in [2.45, 2.75) is 12.8 Å². The largest absolute Gasteiger partial charge is 0.493 e. The maximum Gasteiger partial charge on any atom is 0.124 e. The quantitative estimate of drug-likeness (QED) is 0.802. The van der Waals surface area contributed by atoms with E-state index in [2.05, 4.69) is 23.1 Å². The molecule has 0 bridgehead atoms. The van der Waals surface area contributed by atoms with Crippen LogP contribution in [0.15, 0.2) is 42.5 Å². The minimum Gasteiger partial charge on any atom is -0.493 e. The lowest BCUT2D eigenvalue weighted by atomic mass is 10.1. The second kappa shape index (κ2) is 5.14. The zero-order valence-electron chi connectivity index (χ0n) is 10.9. The van der Waals surface area contributed by atoms with E-state index in [-0.39, 0.29) is 0 Å². The molecule has 3 rings (SSSR count). The van der Waals surface area contributed by atoms with Crippen molar-refractivity contribution in [3.05, 3.63) is 53.1 Å². The highest BCUT2D eigenvalue weighted by atomic mass is 35.5. The van der Waals surface area contributed by atoms with Gasteiger partial charge in [-0.05, 0) is 48.7 Å². The molecule has 0 aliphatic carbocycles. The highest BCUT2D eigenvalue weighted by Crippen LogP contribution is 2.32. The molecule has 2 aromatic carbocycles. The summed E-state index contributed by atoms with van der Waals surface area (Å²) >= 11 is 5.92. The summed E-state index contributed by atoms with van der Waals surface area (Å²) < 4.78 is 5.72. The van der Waals surface area contributed by atoms with Gasteiger partial charge in [0.05, 0.1) is 6.61 Å². The Morgan fingerprint density at radius 1 is 1.05 bits per heavy atom. The van der Waals surface area contributed by atoms with Crippen LogP contribution in [-0.2, 0) is 6.42 Å². The Morgan fingerprint density at radius 2 is 1.79 bits per heavy atom. The fourth-order valence-corrected chi connectivity index (χ4v) is 2.48. The third kappa shape index (κ3) is 2.54. The fourth-order valence-electron chi connectivity index (χ4n) is 2.35. The number of nitrogens with zero attached hydrogens (tertiary/aromatic N) is 1. The molecule has 98 valence electrons. The summed E-state index contributed by atoms with van der Waals surface area (Å²) in [6, 6.07) is 14.3. The number of halogens is 1. The average Bonchev–Trinajstić information content (AvgIpc) is 2.47. The van der Waals surface area contributed by atoms with Crippen LogP contribution in [0.1, 0.15) is 12.0 Å². The van der Waals surface area contributed by atoms with Crippen molar-refractivity contribution >= 4 is 23.0 Å². The maximum atomic E-state index is 5.92. The van der Waals surface area contributed by atoms with Gasteiger partial charge in [-0.1, -0.05) is 17.7 Å². The van der Waals surface area contributed by atoms with Gasteiger partial charge in [-0.25, -0.2) is 0 Å². The predicted molar refractivity (Wildman–Crippen MR) is 79.8 cm³/mol. The van der Waals surface area contributed by atoms with Crippen molar-refractivity contribution < 1.29 is 4.74 Å². The molecule has 0 saturated heterocycles. The van der Waals surface area contributed by atoms with Gasteiger partial charge >= 0.3 is 0 Å². The minimum absolute atomic E-state index is 0.755. The summed E-state index contributed by atoms with van der Waals surface area (Å²) in [6.07, 6.45) is 2.22. The summed E-state index contributed by atoms with van der Waals surface area (Å²) in [6.45, 7) is 0.821. The van der Waals surface area contributed by atoms with E-state index in [1.807, 2.05) is 31.3 Å². The van der Waals surface area contributed by atoms with Crippen LogP contribution in [0, 0.1) is 0 Å². The molecule has 0 saturated carbocycles. The molecule has 3 heteroatoms. The molecule has 1 heterocycles. The number of hydrogen-bond acceptors (Lipinski definition) is 2. The highest BCUT2D eigenvalue weighted by Gasteiger charge is 2.12. The van der Waals surface area contributed by atoms with Crippen molar-refractivity contribution in [1.82, 2.24) is 0 Å². The van der Waals surface area contributed by atoms with Crippen LogP contribution in [0.25, 0.3) is 0 Å². The van der Waals surface area contributed by atoms with Crippen LogP contribution in [-0.4, -0.2) is 13.7 Å². The zero-order valence-corrected chi connectivity index (χ0v) is 11.7. The molecule has 0 N–H and O–H groups in total. The van der Waals surface area contributed by atoms with E-state index in [0.29, 0.717) is 0 Å². The topological polar surface area (TPSA) is 12.5 Å². The number of ether oxygens (including phenoxy) is 1. The first kappa shape index (κ1) is 12.4. The van der Waals surface area contributed by atoms with Crippen LogP contribution in [0.5, 0.6) is 5.75 Å². The van der Waals surface area contributed by atoms with E-state index in [4.69, 9.17) is 16.3 Å². The molecule has 0 atom stereocenters. The van der Waals surface area contributed by atoms with Gasteiger partial charge in [0.25, 0.3) is 0 Å². The van der Waals surface area contributed by atoms with Gasteiger partial charge in [0.2, 0.25) is 0 Å². The van der Waals surface area contributed by atoms with Crippen LogP contribution >= 0.6 is 11.6 Å². The number of fused-ring (bicyclic) bond motifs is 1. The van der Waals surface area contributed by atoms with E-state index in [9.17, 15) is 0 Å². The van der Waals surface area contributed by atoms with E-state index < -0.39 is 0 Å². The monoisotopic (exact) mass is 273 g/mol. The molecule has 2 nitrogen and oxygen atoms in total. The van der Waals surface area contributed by atoms with Crippen molar-refractivity contribution in [3.8, 4) is 5.75 Å². The molecule has 0 aromatic heterocycles. The van der Waals surface area contributed by atoms with Gasteiger partial charge in [0.1, 0.15) is 5.75 Å². The lowest BCUT2D eigenvalue weighted by Crippen LogP contribution is -2.12. The Morgan fingerprint density at radius 3 is 2.58 bits per heavy atom. The SMILES string of the molecule is CN(c1ccc(Cl)cc1)c1ccc2c(c1)OCCC2. The fraction of sp³-hybridized carbons (Fsp3) is 0.250. The molecule has 0 fully saturated rings. The lowest BCUT2D eigenvalue weighted by molar-refractivity contribution is 0.288. The second-order valence-electron chi connectivity index (χ2n) is 4.78.